The summed E-state index contributed by atoms with van der Waals surface area (Å²) in [6, 6.07) is 4.77. The number of rotatable bonds is 8. The molecule has 0 unspecified atom stereocenters. The summed E-state index contributed by atoms with van der Waals surface area (Å²) in [6.45, 7) is 7.27. The van der Waals surface area contributed by atoms with E-state index in [9.17, 15) is 13.2 Å². The maximum absolute atomic E-state index is 12.6. The Labute approximate surface area is 145 Å². The van der Waals surface area contributed by atoms with Gasteiger partial charge in [-0.3, -0.25) is 4.79 Å². The summed E-state index contributed by atoms with van der Waals surface area (Å²) in [4.78, 5) is 12.3. The quantitative estimate of drug-likeness (QED) is 0.684. The number of halogens is 1. The monoisotopic (exact) mass is 363 g/mol. The van der Waals surface area contributed by atoms with Crippen molar-refractivity contribution >= 4 is 28.3 Å². The largest absolute Gasteiger partial charge is 0.351 e. The number of amides is 1. The first-order valence-electron chi connectivity index (χ1n) is 7.42. The smallest absolute Gasteiger partial charge is 0.251 e. The Balaban J connectivity index is 0.00000484. The standard InChI is InChI=1S/C15H25N3O3S.ClH/c1-5-18(6-2)22(20,21)14-11-13(8-7-12(14)3)15(19)17-10-9-16-4;/h7-8,11,16H,5-6,9-10H2,1-4H3,(H,17,19);1H. The minimum atomic E-state index is -3.57. The van der Waals surface area contributed by atoms with Gasteiger partial charge >= 0.3 is 0 Å². The van der Waals surface area contributed by atoms with Gasteiger partial charge in [-0.05, 0) is 31.7 Å². The van der Waals surface area contributed by atoms with Crippen LogP contribution in [0.25, 0.3) is 0 Å². The summed E-state index contributed by atoms with van der Waals surface area (Å²) in [5, 5.41) is 5.68. The lowest BCUT2D eigenvalue weighted by Gasteiger charge is -2.20. The first-order valence-corrected chi connectivity index (χ1v) is 8.86. The summed E-state index contributed by atoms with van der Waals surface area (Å²) in [5.41, 5.74) is 0.992. The molecule has 0 aliphatic rings. The molecule has 23 heavy (non-hydrogen) atoms. The van der Waals surface area contributed by atoms with Crippen LogP contribution in [0.5, 0.6) is 0 Å². The summed E-state index contributed by atoms with van der Waals surface area (Å²) in [6.07, 6.45) is 0. The molecule has 0 atom stereocenters. The van der Waals surface area contributed by atoms with Gasteiger partial charge in [0, 0.05) is 31.7 Å². The molecule has 8 heteroatoms. The van der Waals surface area contributed by atoms with E-state index in [4.69, 9.17) is 0 Å². The lowest BCUT2D eigenvalue weighted by molar-refractivity contribution is 0.0954. The maximum atomic E-state index is 12.6. The Morgan fingerprint density at radius 1 is 1.17 bits per heavy atom. The SMILES string of the molecule is CCN(CC)S(=O)(=O)c1cc(C(=O)NCCNC)ccc1C.Cl. The number of hydrogen-bond acceptors (Lipinski definition) is 4. The molecule has 132 valence electrons. The molecule has 1 amide bonds. The van der Waals surface area contributed by atoms with Crippen LogP contribution in [0.3, 0.4) is 0 Å². The molecular formula is C15H26ClN3O3S. The van der Waals surface area contributed by atoms with Crippen LogP contribution in [-0.4, -0.2) is 51.9 Å². The highest BCUT2D eigenvalue weighted by Gasteiger charge is 2.24. The van der Waals surface area contributed by atoms with E-state index in [-0.39, 0.29) is 23.2 Å². The topological polar surface area (TPSA) is 78.5 Å². The molecule has 2 N–H and O–H groups in total. The second-order valence-electron chi connectivity index (χ2n) is 4.93. The molecule has 0 saturated heterocycles. The Bertz CT molecular complexity index is 616. The van der Waals surface area contributed by atoms with Crippen LogP contribution < -0.4 is 10.6 Å². The van der Waals surface area contributed by atoms with Crippen molar-refractivity contribution in [3.8, 4) is 0 Å². The van der Waals surface area contributed by atoms with E-state index in [2.05, 4.69) is 10.6 Å². The van der Waals surface area contributed by atoms with Crippen molar-refractivity contribution in [2.24, 2.45) is 0 Å². The Morgan fingerprint density at radius 2 is 1.78 bits per heavy atom. The van der Waals surface area contributed by atoms with Gasteiger partial charge in [0.2, 0.25) is 10.0 Å². The van der Waals surface area contributed by atoms with E-state index >= 15 is 0 Å². The number of nitrogens with one attached hydrogen (secondary N) is 2. The highest BCUT2D eigenvalue weighted by atomic mass is 35.5. The van der Waals surface area contributed by atoms with Crippen molar-refractivity contribution < 1.29 is 13.2 Å². The number of carbonyl (C=O) groups is 1. The van der Waals surface area contributed by atoms with Crippen LogP contribution >= 0.6 is 12.4 Å². The predicted molar refractivity (Wildman–Crippen MR) is 94.8 cm³/mol. The van der Waals surface area contributed by atoms with Crippen molar-refractivity contribution in [3.05, 3.63) is 29.3 Å². The lowest BCUT2D eigenvalue weighted by Crippen LogP contribution is -2.32. The molecule has 0 heterocycles. The van der Waals surface area contributed by atoms with E-state index in [1.165, 1.54) is 10.4 Å². The Morgan fingerprint density at radius 3 is 2.30 bits per heavy atom. The van der Waals surface area contributed by atoms with Crippen LogP contribution in [0.4, 0.5) is 0 Å². The van der Waals surface area contributed by atoms with Crippen LogP contribution in [0.1, 0.15) is 29.8 Å². The number of likely N-dealkylation sites (N-methyl/N-ethyl adjacent to an activating group) is 1. The molecule has 0 aliphatic carbocycles. The fraction of sp³-hybridized carbons (Fsp3) is 0.533. The predicted octanol–water partition coefficient (Wildman–Crippen LogP) is 1.40. The highest BCUT2D eigenvalue weighted by Crippen LogP contribution is 2.21. The molecule has 1 aromatic rings. The molecular weight excluding hydrogens is 338 g/mol. The van der Waals surface area contributed by atoms with Gasteiger partial charge in [-0.15, -0.1) is 12.4 Å². The zero-order valence-corrected chi connectivity index (χ0v) is 15.7. The molecule has 0 radical (unpaired) electrons. The summed E-state index contributed by atoms with van der Waals surface area (Å²) in [5.74, 6) is -0.272. The molecule has 0 bridgehead atoms. The van der Waals surface area contributed by atoms with E-state index in [1.807, 2.05) is 0 Å². The molecule has 0 aliphatic heterocycles. The highest BCUT2D eigenvalue weighted by molar-refractivity contribution is 7.89. The summed E-state index contributed by atoms with van der Waals surface area (Å²) >= 11 is 0. The third-order valence-electron chi connectivity index (χ3n) is 3.43. The van der Waals surface area contributed by atoms with Crippen molar-refractivity contribution in [1.29, 1.82) is 0 Å². The number of hydrogen-bond donors (Lipinski definition) is 2. The zero-order valence-electron chi connectivity index (χ0n) is 14.0. The van der Waals surface area contributed by atoms with E-state index in [1.54, 1.807) is 40.0 Å². The lowest BCUT2D eigenvalue weighted by atomic mass is 10.1. The first kappa shape index (κ1) is 21.9. The average Bonchev–Trinajstić information content (AvgIpc) is 2.48. The van der Waals surface area contributed by atoms with Gasteiger partial charge in [-0.2, -0.15) is 4.31 Å². The van der Waals surface area contributed by atoms with Crippen LogP contribution in [0, 0.1) is 6.92 Å². The molecule has 0 fully saturated rings. The van der Waals surface area contributed by atoms with Crippen LogP contribution in [0.2, 0.25) is 0 Å². The van der Waals surface area contributed by atoms with Gasteiger partial charge in [-0.1, -0.05) is 19.9 Å². The van der Waals surface area contributed by atoms with Crippen molar-refractivity contribution in [3.63, 3.8) is 0 Å². The molecule has 1 aromatic carbocycles. The number of aryl methyl sites for hydroxylation is 1. The Kier molecular flexibility index (Phi) is 9.38. The number of benzene rings is 1. The minimum absolute atomic E-state index is 0. The first-order chi connectivity index (χ1) is 10.4. The second-order valence-corrected chi connectivity index (χ2v) is 6.84. The Hall–Kier alpha value is -1.15. The molecule has 6 nitrogen and oxygen atoms in total. The number of nitrogens with zero attached hydrogens (tertiary/aromatic N) is 1. The van der Waals surface area contributed by atoms with Gasteiger partial charge in [0.05, 0.1) is 4.90 Å². The normalized spacial score (nSPS) is 11.2. The number of carbonyl (C=O) groups excluding carboxylic acids is 1. The molecule has 0 aromatic heterocycles. The average molecular weight is 364 g/mol. The second kappa shape index (κ2) is 9.87. The van der Waals surface area contributed by atoms with Crippen LogP contribution in [0.15, 0.2) is 23.1 Å². The summed E-state index contributed by atoms with van der Waals surface area (Å²) < 4.78 is 26.7. The van der Waals surface area contributed by atoms with Crippen LogP contribution in [-0.2, 0) is 10.0 Å². The van der Waals surface area contributed by atoms with Gasteiger partial charge < -0.3 is 10.6 Å². The van der Waals surface area contributed by atoms with E-state index in [0.717, 1.165) is 0 Å². The van der Waals surface area contributed by atoms with Gasteiger partial charge in [0.1, 0.15) is 0 Å². The minimum Gasteiger partial charge on any atom is -0.351 e. The van der Waals surface area contributed by atoms with Crippen molar-refractivity contribution in [2.75, 3.05) is 33.2 Å². The molecule has 0 saturated carbocycles. The fourth-order valence-corrected chi connectivity index (χ4v) is 3.83. The van der Waals surface area contributed by atoms with Gasteiger partial charge in [0.25, 0.3) is 5.91 Å². The van der Waals surface area contributed by atoms with E-state index in [0.29, 0.717) is 37.3 Å². The maximum Gasteiger partial charge on any atom is 0.251 e. The zero-order chi connectivity index (χ0) is 16.8. The third-order valence-corrected chi connectivity index (χ3v) is 5.63. The van der Waals surface area contributed by atoms with Gasteiger partial charge in [0.15, 0.2) is 0 Å². The van der Waals surface area contributed by atoms with E-state index < -0.39 is 10.0 Å². The summed E-state index contributed by atoms with van der Waals surface area (Å²) in [7, 11) is -1.77. The molecule has 1 rings (SSSR count). The molecule has 0 spiro atoms. The van der Waals surface area contributed by atoms with Crippen molar-refractivity contribution in [2.45, 2.75) is 25.7 Å². The van der Waals surface area contributed by atoms with Gasteiger partial charge in [-0.25, -0.2) is 8.42 Å². The third kappa shape index (κ3) is 5.46. The fourth-order valence-electron chi connectivity index (χ4n) is 2.12. The van der Waals surface area contributed by atoms with Crippen molar-refractivity contribution in [1.82, 2.24) is 14.9 Å². The number of sulfonamides is 1.